The van der Waals surface area contributed by atoms with E-state index in [0.717, 1.165) is 0 Å². The summed E-state index contributed by atoms with van der Waals surface area (Å²) in [5.41, 5.74) is 3.18. The molecule has 1 unspecified atom stereocenters. The van der Waals surface area contributed by atoms with Gasteiger partial charge in [0.2, 0.25) is 0 Å². The van der Waals surface area contributed by atoms with Crippen molar-refractivity contribution in [1.82, 2.24) is 0 Å². The molecule has 0 fully saturated rings. The Kier molecular flexibility index (Phi) is 3.40. The number of halogens is 4. The quantitative estimate of drug-likeness (QED) is 0.771. The lowest BCUT2D eigenvalue weighted by Gasteiger charge is -2.36. The summed E-state index contributed by atoms with van der Waals surface area (Å²) in [6.07, 6.45) is -4.69. The molecule has 2 N–H and O–H groups in total. The molecule has 0 radical (unpaired) electrons. The van der Waals surface area contributed by atoms with E-state index < -0.39 is 11.7 Å². The van der Waals surface area contributed by atoms with Crippen molar-refractivity contribution < 1.29 is 17.9 Å². The van der Waals surface area contributed by atoms with Gasteiger partial charge in [-0.25, -0.2) is 0 Å². The van der Waals surface area contributed by atoms with Crippen molar-refractivity contribution in [1.29, 1.82) is 0 Å². The summed E-state index contributed by atoms with van der Waals surface area (Å²) < 4.78 is 43.6. The van der Waals surface area contributed by atoms with Crippen molar-refractivity contribution in [2.45, 2.75) is 18.1 Å². The van der Waals surface area contributed by atoms with Crippen LogP contribution in [0.1, 0.15) is 12.0 Å². The van der Waals surface area contributed by atoms with Crippen molar-refractivity contribution in [2.24, 2.45) is 5.73 Å². The van der Waals surface area contributed by atoms with Gasteiger partial charge in [-0.1, -0.05) is 18.2 Å². The number of nitrogens with two attached hydrogens (primary N) is 1. The lowest BCUT2D eigenvalue weighted by Crippen LogP contribution is -2.53. The maximum Gasteiger partial charge on any atom is 0.410 e. The van der Waals surface area contributed by atoms with E-state index in [1.54, 1.807) is 6.07 Å². The molecule has 2 nitrogen and oxygen atoms in total. The Bertz CT molecular complexity index is 383. The van der Waals surface area contributed by atoms with Gasteiger partial charge in [0.25, 0.3) is 0 Å². The van der Waals surface area contributed by atoms with Gasteiger partial charge in [0, 0.05) is 12.0 Å². The Morgan fingerprint density at radius 2 is 1.88 bits per heavy atom. The third kappa shape index (κ3) is 1.85. The molecule has 2 rings (SSSR count). The molecule has 6 heteroatoms. The SMILES string of the molecule is Cl.NC1(C(F)(F)F)CCOc2ccccc21. The number of ether oxygens (including phenoxy) is 1. The summed E-state index contributed by atoms with van der Waals surface area (Å²) >= 11 is 0. The lowest BCUT2D eigenvalue weighted by molar-refractivity contribution is -0.196. The number of benzene rings is 1. The second-order valence-electron chi connectivity index (χ2n) is 3.56. The molecule has 16 heavy (non-hydrogen) atoms. The van der Waals surface area contributed by atoms with Crippen LogP contribution in [0.3, 0.4) is 0 Å². The number of fused-ring (bicyclic) bond motifs is 1. The van der Waals surface area contributed by atoms with E-state index >= 15 is 0 Å². The fourth-order valence-corrected chi connectivity index (χ4v) is 1.71. The standard InChI is InChI=1S/C10H10F3NO.ClH/c11-10(12,13)9(14)5-6-15-8-4-2-1-3-7(8)9;/h1-4H,5-6,14H2;1H. The molecule has 1 aromatic carbocycles. The predicted octanol–water partition coefficient (Wildman–Crippen LogP) is 2.61. The van der Waals surface area contributed by atoms with Gasteiger partial charge < -0.3 is 10.5 Å². The average molecular weight is 254 g/mol. The van der Waals surface area contributed by atoms with Crippen molar-refractivity contribution in [3.63, 3.8) is 0 Å². The van der Waals surface area contributed by atoms with Crippen molar-refractivity contribution >= 4 is 12.4 Å². The van der Waals surface area contributed by atoms with Gasteiger partial charge in [-0.3, -0.25) is 0 Å². The molecule has 0 bridgehead atoms. The first-order valence-electron chi connectivity index (χ1n) is 4.53. The fourth-order valence-electron chi connectivity index (χ4n) is 1.71. The zero-order valence-electron chi connectivity index (χ0n) is 8.25. The number of hydrogen-bond donors (Lipinski definition) is 1. The average Bonchev–Trinajstić information content (AvgIpc) is 2.17. The van der Waals surface area contributed by atoms with Crippen LogP contribution >= 0.6 is 12.4 Å². The molecule has 1 aliphatic rings. The normalized spacial score (nSPS) is 24.0. The second kappa shape index (κ2) is 4.14. The molecule has 1 aliphatic heterocycles. The molecule has 0 spiro atoms. The van der Waals surface area contributed by atoms with Crippen LogP contribution in [-0.2, 0) is 5.54 Å². The van der Waals surface area contributed by atoms with Crippen LogP contribution in [0, 0.1) is 0 Å². The zero-order valence-corrected chi connectivity index (χ0v) is 9.07. The van der Waals surface area contributed by atoms with Crippen LogP contribution in [0.2, 0.25) is 0 Å². The minimum Gasteiger partial charge on any atom is -0.493 e. The first kappa shape index (κ1) is 13.1. The van der Waals surface area contributed by atoms with E-state index in [-0.39, 0.29) is 36.7 Å². The van der Waals surface area contributed by atoms with Crippen LogP contribution in [0.5, 0.6) is 5.75 Å². The molecular weight excluding hydrogens is 243 g/mol. The molecule has 1 aromatic rings. The molecule has 90 valence electrons. The maximum atomic E-state index is 12.8. The minimum absolute atomic E-state index is 0. The third-order valence-electron chi connectivity index (χ3n) is 2.63. The van der Waals surface area contributed by atoms with Gasteiger partial charge in [0.15, 0.2) is 0 Å². The molecule has 0 saturated carbocycles. The summed E-state index contributed by atoms with van der Waals surface area (Å²) in [7, 11) is 0. The highest BCUT2D eigenvalue weighted by atomic mass is 35.5. The molecule has 0 aliphatic carbocycles. The number of alkyl halides is 3. The first-order valence-corrected chi connectivity index (χ1v) is 4.53. The molecule has 1 atom stereocenters. The second-order valence-corrected chi connectivity index (χ2v) is 3.56. The molecular formula is C10H11ClF3NO. The smallest absolute Gasteiger partial charge is 0.410 e. The first-order chi connectivity index (χ1) is 6.95. The largest absolute Gasteiger partial charge is 0.493 e. The highest BCUT2D eigenvalue weighted by molar-refractivity contribution is 5.85. The van der Waals surface area contributed by atoms with E-state index in [4.69, 9.17) is 10.5 Å². The van der Waals surface area contributed by atoms with Gasteiger partial charge in [0.1, 0.15) is 11.3 Å². The van der Waals surface area contributed by atoms with E-state index in [9.17, 15) is 13.2 Å². The summed E-state index contributed by atoms with van der Waals surface area (Å²) in [6.45, 7) is -0.00692. The van der Waals surface area contributed by atoms with Crippen LogP contribution < -0.4 is 10.5 Å². The van der Waals surface area contributed by atoms with Gasteiger partial charge in [-0.2, -0.15) is 13.2 Å². The van der Waals surface area contributed by atoms with E-state index in [2.05, 4.69) is 0 Å². The molecule has 0 amide bonds. The Morgan fingerprint density at radius 3 is 2.50 bits per heavy atom. The van der Waals surface area contributed by atoms with Gasteiger partial charge >= 0.3 is 6.18 Å². The number of para-hydroxylation sites is 1. The molecule has 0 saturated heterocycles. The van der Waals surface area contributed by atoms with E-state index in [1.165, 1.54) is 18.2 Å². The van der Waals surface area contributed by atoms with Gasteiger partial charge in [0.05, 0.1) is 6.61 Å². The predicted molar refractivity (Wildman–Crippen MR) is 55.7 cm³/mol. The summed E-state index contributed by atoms with van der Waals surface area (Å²) in [5.74, 6) is 0.226. The van der Waals surface area contributed by atoms with Crippen LogP contribution in [0.15, 0.2) is 24.3 Å². The Balaban J connectivity index is 0.00000128. The highest BCUT2D eigenvalue weighted by Gasteiger charge is 2.55. The Labute approximate surface area is 97.0 Å². The monoisotopic (exact) mass is 253 g/mol. The number of hydrogen-bond acceptors (Lipinski definition) is 2. The lowest BCUT2D eigenvalue weighted by atomic mass is 9.85. The van der Waals surface area contributed by atoms with Crippen molar-refractivity contribution in [3.8, 4) is 5.75 Å². The molecule has 1 heterocycles. The third-order valence-corrected chi connectivity index (χ3v) is 2.63. The van der Waals surface area contributed by atoms with Gasteiger partial charge in [-0.05, 0) is 6.07 Å². The summed E-state index contributed by atoms with van der Waals surface area (Å²) in [6, 6.07) is 6.02. The maximum absolute atomic E-state index is 12.8. The minimum atomic E-state index is -4.45. The fraction of sp³-hybridized carbons (Fsp3) is 0.400. The molecule has 0 aromatic heterocycles. The summed E-state index contributed by atoms with van der Waals surface area (Å²) in [5, 5.41) is 0. The van der Waals surface area contributed by atoms with E-state index in [1.807, 2.05) is 0 Å². The van der Waals surface area contributed by atoms with E-state index in [0.29, 0.717) is 0 Å². The van der Waals surface area contributed by atoms with Crippen LogP contribution in [-0.4, -0.2) is 12.8 Å². The van der Waals surface area contributed by atoms with Gasteiger partial charge in [-0.15, -0.1) is 12.4 Å². The highest BCUT2D eigenvalue weighted by Crippen LogP contribution is 2.45. The Morgan fingerprint density at radius 1 is 1.25 bits per heavy atom. The topological polar surface area (TPSA) is 35.2 Å². The Hall–Kier alpha value is -0.940. The zero-order chi connectivity index (χ0) is 11.1. The van der Waals surface area contributed by atoms with Crippen molar-refractivity contribution in [2.75, 3.05) is 6.61 Å². The summed E-state index contributed by atoms with van der Waals surface area (Å²) in [4.78, 5) is 0. The van der Waals surface area contributed by atoms with Crippen molar-refractivity contribution in [3.05, 3.63) is 29.8 Å². The van der Waals surface area contributed by atoms with Crippen LogP contribution in [0.25, 0.3) is 0 Å². The number of rotatable bonds is 0. The van der Waals surface area contributed by atoms with Crippen LogP contribution in [0.4, 0.5) is 13.2 Å².